The predicted octanol–water partition coefficient (Wildman–Crippen LogP) is 4.50. The van der Waals surface area contributed by atoms with Gasteiger partial charge in [0.25, 0.3) is 0 Å². The maximum absolute atomic E-state index is 12.4. The fourth-order valence-corrected chi connectivity index (χ4v) is 3.94. The zero-order valence-electron chi connectivity index (χ0n) is 18.1. The highest BCUT2D eigenvalue weighted by Gasteiger charge is 2.29. The van der Waals surface area contributed by atoms with E-state index in [1.54, 1.807) is 6.92 Å². The summed E-state index contributed by atoms with van der Waals surface area (Å²) in [7, 11) is 0. The average Bonchev–Trinajstić information content (AvgIpc) is 3.15. The number of carboxylic acid groups (broad SMARTS) is 1. The van der Waals surface area contributed by atoms with E-state index in [0.29, 0.717) is 5.69 Å². The van der Waals surface area contributed by atoms with Crippen LogP contribution in [0.4, 0.5) is 10.5 Å². The number of anilines is 1. The highest BCUT2D eigenvalue weighted by molar-refractivity contribution is 5.94. The number of amides is 2. The van der Waals surface area contributed by atoms with Crippen molar-refractivity contribution in [3.8, 4) is 11.1 Å². The molecule has 0 fully saturated rings. The Hall–Kier alpha value is -4.13. The van der Waals surface area contributed by atoms with Gasteiger partial charge in [-0.2, -0.15) is 0 Å². The lowest BCUT2D eigenvalue weighted by molar-refractivity contribution is -0.119. The number of carbonyl (C=O) groups excluding carboxylic acids is 2. The fraction of sp³-hybridized carbons (Fsp3) is 0.192. The number of hydrogen-bond acceptors (Lipinski definition) is 4. The molecule has 0 aliphatic heterocycles. The summed E-state index contributed by atoms with van der Waals surface area (Å²) in [6.07, 6.45) is -0.581. The molecular weight excluding hydrogens is 420 g/mol. The number of aromatic carboxylic acids is 1. The Kier molecular flexibility index (Phi) is 6.40. The van der Waals surface area contributed by atoms with Gasteiger partial charge in [-0.05, 0) is 46.5 Å². The lowest BCUT2D eigenvalue weighted by Gasteiger charge is -2.16. The molecule has 0 bridgehead atoms. The predicted molar refractivity (Wildman–Crippen MR) is 124 cm³/mol. The van der Waals surface area contributed by atoms with Gasteiger partial charge >= 0.3 is 12.1 Å². The lowest BCUT2D eigenvalue weighted by atomic mass is 9.98. The summed E-state index contributed by atoms with van der Waals surface area (Å²) >= 11 is 0. The van der Waals surface area contributed by atoms with Crippen LogP contribution < -0.4 is 10.6 Å². The van der Waals surface area contributed by atoms with E-state index in [9.17, 15) is 14.4 Å². The summed E-state index contributed by atoms with van der Waals surface area (Å²) in [6.45, 7) is 2.00. The molecule has 0 heterocycles. The van der Waals surface area contributed by atoms with Gasteiger partial charge in [-0.25, -0.2) is 9.59 Å². The molecule has 0 saturated carbocycles. The van der Waals surface area contributed by atoms with Crippen molar-refractivity contribution in [2.45, 2.75) is 12.8 Å². The quantitative estimate of drug-likeness (QED) is 0.498. The highest BCUT2D eigenvalue weighted by Crippen LogP contribution is 2.44. The van der Waals surface area contributed by atoms with Crippen LogP contribution in [0.25, 0.3) is 11.1 Å². The number of alkyl carbamates (subject to hydrolysis) is 1. The Morgan fingerprint density at radius 3 is 2.06 bits per heavy atom. The van der Waals surface area contributed by atoms with Gasteiger partial charge in [0, 0.05) is 18.2 Å². The van der Waals surface area contributed by atoms with E-state index >= 15 is 0 Å². The van der Waals surface area contributed by atoms with Gasteiger partial charge in [-0.15, -0.1) is 0 Å². The largest absolute Gasteiger partial charge is 0.478 e. The van der Waals surface area contributed by atoms with Gasteiger partial charge in [-0.1, -0.05) is 55.5 Å². The summed E-state index contributed by atoms with van der Waals surface area (Å²) in [6, 6.07) is 22.1. The normalized spacial score (nSPS) is 12.9. The van der Waals surface area contributed by atoms with E-state index in [0.717, 1.165) is 22.3 Å². The molecule has 0 spiro atoms. The minimum absolute atomic E-state index is 0.0300. The molecule has 0 radical (unpaired) electrons. The van der Waals surface area contributed by atoms with Crippen LogP contribution in [0.1, 0.15) is 34.3 Å². The van der Waals surface area contributed by atoms with Crippen molar-refractivity contribution in [1.29, 1.82) is 0 Å². The summed E-state index contributed by atoms with van der Waals surface area (Å²) in [5.41, 5.74) is 5.20. The maximum Gasteiger partial charge on any atom is 0.407 e. The Morgan fingerprint density at radius 1 is 0.909 bits per heavy atom. The number of ether oxygens (including phenoxy) is 1. The molecule has 0 saturated heterocycles. The van der Waals surface area contributed by atoms with Crippen LogP contribution in [0.5, 0.6) is 0 Å². The van der Waals surface area contributed by atoms with Crippen molar-refractivity contribution in [1.82, 2.24) is 5.32 Å². The molecule has 3 aromatic carbocycles. The van der Waals surface area contributed by atoms with Crippen LogP contribution in [0.15, 0.2) is 72.8 Å². The van der Waals surface area contributed by atoms with E-state index in [-0.39, 0.29) is 30.5 Å². The first-order chi connectivity index (χ1) is 15.9. The van der Waals surface area contributed by atoms with Crippen molar-refractivity contribution < 1.29 is 24.2 Å². The Labute approximate surface area is 191 Å². The second-order valence-electron chi connectivity index (χ2n) is 7.98. The number of hydrogen-bond donors (Lipinski definition) is 3. The Balaban J connectivity index is 1.28. The molecule has 2 amide bonds. The Bertz CT molecular complexity index is 1140. The summed E-state index contributed by atoms with van der Waals surface area (Å²) in [5, 5.41) is 14.3. The summed E-state index contributed by atoms with van der Waals surface area (Å²) < 4.78 is 5.49. The summed E-state index contributed by atoms with van der Waals surface area (Å²) in [5.74, 6) is -1.87. The van der Waals surface area contributed by atoms with Gasteiger partial charge in [0.15, 0.2) is 0 Å². The molecular formula is C26H24N2O5. The number of benzene rings is 3. The zero-order valence-corrected chi connectivity index (χ0v) is 18.1. The lowest BCUT2D eigenvalue weighted by Crippen LogP contribution is -2.35. The van der Waals surface area contributed by atoms with Crippen LogP contribution in [-0.2, 0) is 9.53 Å². The van der Waals surface area contributed by atoms with Crippen LogP contribution in [0.2, 0.25) is 0 Å². The number of fused-ring (bicyclic) bond motifs is 3. The molecule has 7 heteroatoms. The average molecular weight is 444 g/mol. The maximum atomic E-state index is 12.4. The summed E-state index contributed by atoms with van der Waals surface area (Å²) in [4.78, 5) is 35.6. The van der Waals surface area contributed by atoms with E-state index < -0.39 is 18.0 Å². The van der Waals surface area contributed by atoms with E-state index in [1.165, 1.54) is 24.3 Å². The van der Waals surface area contributed by atoms with Gasteiger partial charge in [0.2, 0.25) is 5.91 Å². The fourth-order valence-electron chi connectivity index (χ4n) is 3.94. The third-order valence-corrected chi connectivity index (χ3v) is 5.74. The Morgan fingerprint density at radius 2 is 1.48 bits per heavy atom. The van der Waals surface area contributed by atoms with Crippen molar-refractivity contribution in [3.63, 3.8) is 0 Å². The van der Waals surface area contributed by atoms with Gasteiger partial charge < -0.3 is 20.5 Å². The number of nitrogens with one attached hydrogen (secondary N) is 2. The van der Waals surface area contributed by atoms with E-state index in [1.807, 2.05) is 24.3 Å². The second-order valence-corrected chi connectivity index (χ2v) is 7.98. The van der Waals surface area contributed by atoms with Crippen LogP contribution in [0, 0.1) is 5.92 Å². The second kappa shape index (κ2) is 9.56. The number of carbonyl (C=O) groups is 3. The topological polar surface area (TPSA) is 105 Å². The van der Waals surface area contributed by atoms with Gasteiger partial charge in [0.05, 0.1) is 11.5 Å². The number of carboxylic acids is 1. The van der Waals surface area contributed by atoms with Crippen LogP contribution in [-0.4, -0.2) is 36.2 Å². The van der Waals surface area contributed by atoms with Crippen molar-refractivity contribution in [3.05, 3.63) is 89.5 Å². The third-order valence-electron chi connectivity index (χ3n) is 5.74. The van der Waals surface area contributed by atoms with Crippen LogP contribution in [0.3, 0.4) is 0 Å². The highest BCUT2D eigenvalue weighted by atomic mass is 16.5. The molecule has 3 N–H and O–H groups in total. The van der Waals surface area contributed by atoms with Crippen molar-refractivity contribution in [2.24, 2.45) is 5.92 Å². The molecule has 1 aliphatic carbocycles. The van der Waals surface area contributed by atoms with Crippen LogP contribution >= 0.6 is 0 Å². The SMILES string of the molecule is CC(CNC(=O)OCC1c2ccccc2-c2ccccc21)C(=O)Nc1ccc(C(=O)O)cc1. The van der Waals surface area contributed by atoms with E-state index in [2.05, 4.69) is 34.9 Å². The molecule has 3 aromatic rings. The first kappa shape index (κ1) is 22.1. The van der Waals surface area contributed by atoms with Gasteiger partial charge in [0.1, 0.15) is 6.61 Å². The minimum Gasteiger partial charge on any atom is -0.478 e. The standard InChI is InChI=1S/C26H24N2O5/c1-16(24(29)28-18-12-10-17(11-13-18)25(30)31)14-27-26(32)33-15-23-21-8-4-2-6-19(21)20-7-3-5-9-22(20)23/h2-13,16,23H,14-15H2,1H3,(H,27,32)(H,28,29)(H,30,31). The molecule has 33 heavy (non-hydrogen) atoms. The zero-order chi connectivity index (χ0) is 23.4. The van der Waals surface area contributed by atoms with Gasteiger partial charge in [-0.3, -0.25) is 4.79 Å². The monoisotopic (exact) mass is 444 g/mol. The molecule has 168 valence electrons. The van der Waals surface area contributed by atoms with E-state index in [4.69, 9.17) is 9.84 Å². The third kappa shape index (κ3) is 4.87. The van der Waals surface area contributed by atoms with Crippen molar-refractivity contribution in [2.75, 3.05) is 18.5 Å². The first-order valence-corrected chi connectivity index (χ1v) is 10.7. The number of rotatable bonds is 7. The molecule has 1 atom stereocenters. The minimum atomic E-state index is -1.03. The van der Waals surface area contributed by atoms with Crippen molar-refractivity contribution >= 4 is 23.7 Å². The molecule has 7 nitrogen and oxygen atoms in total. The first-order valence-electron chi connectivity index (χ1n) is 10.7. The molecule has 1 aliphatic rings. The smallest absolute Gasteiger partial charge is 0.407 e. The molecule has 1 unspecified atom stereocenters. The molecule has 0 aromatic heterocycles. The molecule has 4 rings (SSSR count).